The standard InChI is InChI=1S/C12H23NO3/c1-2-3-4-11(12(14)15)13-7-8-16-9-10-5-6-10/h10-11,13H,2-9H2,1H3,(H,14,15). The van der Waals surface area contributed by atoms with E-state index in [4.69, 9.17) is 9.84 Å². The van der Waals surface area contributed by atoms with E-state index in [0.29, 0.717) is 19.6 Å². The highest BCUT2D eigenvalue weighted by atomic mass is 16.5. The highest BCUT2D eigenvalue weighted by Crippen LogP contribution is 2.28. The molecular formula is C12H23NO3. The molecule has 1 unspecified atom stereocenters. The fourth-order valence-corrected chi connectivity index (χ4v) is 1.56. The molecule has 1 atom stereocenters. The van der Waals surface area contributed by atoms with E-state index in [9.17, 15) is 4.79 Å². The van der Waals surface area contributed by atoms with Gasteiger partial charge in [0.25, 0.3) is 0 Å². The molecule has 1 aliphatic rings. The summed E-state index contributed by atoms with van der Waals surface area (Å²) < 4.78 is 5.44. The van der Waals surface area contributed by atoms with Crippen LogP contribution in [0, 0.1) is 5.92 Å². The summed E-state index contributed by atoms with van der Waals surface area (Å²) >= 11 is 0. The van der Waals surface area contributed by atoms with E-state index < -0.39 is 12.0 Å². The summed E-state index contributed by atoms with van der Waals surface area (Å²) in [7, 11) is 0. The maximum atomic E-state index is 10.9. The highest BCUT2D eigenvalue weighted by Gasteiger charge is 2.21. The monoisotopic (exact) mass is 229 g/mol. The van der Waals surface area contributed by atoms with Gasteiger partial charge in [-0.1, -0.05) is 19.8 Å². The third-order valence-electron chi connectivity index (χ3n) is 2.83. The molecule has 4 nitrogen and oxygen atoms in total. The SMILES string of the molecule is CCCCC(NCCOCC1CC1)C(=O)O. The lowest BCUT2D eigenvalue weighted by Gasteiger charge is -2.13. The van der Waals surface area contributed by atoms with Crippen molar-refractivity contribution >= 4 is 5.97 Å². The minimum Gasteiger partial charge on any atom is -0.480 e. The molecule has 2 N–H and O–H groups in total. The molecule has 0 spiro atoms. The Labute approximate surface area is 97.4 Å². The fraction of sp³-hybridized carbons (Fsp3) is 0.917. The van der Waals surface area contributed by atoms with Gasteiger partial charge >= 0.3 is 5.97 Å². The van der Waals surface area contributed by atoms with E-state index >= 15 is 0 Å². The van der Waals surface area contributed by atoms with Crippen molar-refractivity contribution in [2.75, 3.05) is 19.8 Å². The summed E-state index contributed by atoms with van der Waals surface area (Å²) in [6, 6.07) is -0.413. The lowest BCUT2D eigenvalue weighted by Crippen LogP contribution is -2.38. The molecule has 0 heterocycles. The number of aliphatic carboxylic acids is 1. The van der Waals surface area contributed by atoms with E-state index in [1.54, 1.807) is 0 Å². The molecule has 0 aromatic rings. The largest absolute Gasteiger partial charge is 0.480 e. The van der Waals surface area contributed by atoms with Gasteiger partial charge in [0.05, 0.1) is 6.61 Å². The lowest BCUT2D eigenvalue weighted by atomic mass is 10.1. The van der Waals surface area contributed by atoms with Crippen molar-refractivity contribution in [3.05, 3.63) is 0 Å². The summed E-state index contributed by atoms with van der Waals surface area (Å²) in [5.41, 5.74) is 0. The Hall–Kier alpha value is -0.610. The topological polar surface area (TPSA) is 58.6 Å². The van der Waals surface area contributed by atoms with Crippen LogP contribution in [0.4, 0.5) is 0 Å². The van der Waals surface area contributed by atoms with Gasteiger partial charge < -0.3 is 15.2 Å². The van der Waals surface area contributed by atoms with Crippen LogP contribution in [-0.4, -0.2) is 36.9 Å². The number of carboxylic acid groups (broad SMARTS) is 1. The van der Waals surface area contributed by atoms with Gasteiger partial charge in [-0.25, -0.2) is 0 Å². The average molecular weight is 229 g/mol. The zero-order chi connectivity index (χ0) is 11.8. The highest BCUT2D eigenvalue weighted by molar-refractivity contribution is 5.73. The van der Waals surface area contributed by atoms with Crippen molar-refractivity contribution in [3.63, 3.8) is 0 Å². The molecule has 0 aromatic heterocycles. The maximum absolute atomic E-state index is 10.9. The maximum Gasteiger partial charge on any atom is 0.320 e. The predicted octanol–water partition coefficient (Wildman–Crippen LogP) is 1.65. The van der Waals surface area contributed by atoms with Crippen molar-refractivity contribution in [2.24, 2.45) is 5.92 Å². The Morgan fingerprint density at radius 3 is 2.88 bits per heavy atom. The molecule has 16 heavy (non-hydrogen) atoms. The molecule has 94 valence electrons. The van der Waals surface area contributed by atoms with Crippen LogP contribution >= 0.6 is 0 Å². The molecule has 1 saturated carbocycles. The lowest BCUT2D eigenvalue weighted by molar-refractivity contribution is -0.139. The third kappa shape index (κ3) is 6.08. The van der Waals surface area contributed by atoms with Crippen molar-refractivity contribution < 1.29 is 14.6 Å². The van der Waals surface area contributed by atoms with Crippen LogP contribution in [0.15, 0.2) is 0 Å². The first-order valence-corrected chi connectivity index (χ1v) is 6.28. The van der Waals surface area contributed by atoms with E-state index in [1.165, 1.54) is 12.8 Å². The molecule has 0 radical (unpaired) electrons. The van der Waals surface area contributed by atoms with Crippen LogP contribution < -0.4 is 5.32 Å². The molecule has 0 saturated heterocycles. The Bertz CT molecular complexity index is 204. The first-order valence-electron chi connectivity index (χ1n) is 6.28. The Balaban J connectivity index is 1.99. The molecule has 0 aromatic carbocycles. The van der Waals surface area contributed by atoms with Crippen LogP contribution in [0.2, 0.25) is 0 Å². The fourth-order valence-electron chi connectivity index (χ4n) is 1.56. The first-order chi connectivity index (χ1) is 7.74. The Morgan fingerprint density at radius 1 is 1.56 bits per heavy atom. The molecule has 1 fully saturated rings. The van der Waals surface area contributed by atoms with E-state index in [-0.39, 0.29) is 0 Å². The quantitative estimate of drug-likeness (QED) is 0.559. The molecule has 1 aliphatic carbocycles. The van der Waals surface area contributed by atoms with Gasteiger partial charge in [0.15, 0.2) is 0 Å². The normalized spacial score (nSPS) is 17.3. The summed E-state index contributed by atoms with van der Waals surface area (Å²) in [6.07, 6.45) is 5.27. The Kier molecular flexibility index (Phi) is 6.42. The van der Waals surface area contributed by atoms with Crippen LogP contribution in [0.25, 0.3) is 0 Å². The third-order valence-corrected chi connectivity index (χ3v) is 2.83. The number of hydrogen-bond donors (Lipinski definition) is 2. The van der Waals surface area contributed by atoms with Gasteiger partial charge in [-0.2, -0.15) is 0 Å². The number of nitrogens with one attached hydrogen (secondary N) is 1. The molecule has 0 aliphatic heterocycles. The van der Waals surface area contributed by atoms with Gasteiger partial charge in [-0.05, 0) is 25.2 Å². The number of hydrogen-bond acceptors (Lipinski definition) is 3. The van der Waals surface area contributed by atoms with Gasteiger partial charge in [0.2, 0.25) is 0 Å². The average Bonchev–Trinajstić information content (AvgIpc) is 3.05. The van der Waals surface area contributed by atoms with Crippen molar-refractivity contribution in [1.29, 1.82) is 0 Å². The minimum atomic E-state index is -0.754. The van der Waals surface area contributed by atoms with Crippen molar-refractivity contribution in [3.8, 4) is 0 Å². The summed E-state index contributed by atoms with van der Waals surface area (Å²) in [5, 5.41) is 12.0. The molecule has 1 rings (SSSR count). The van der Waals surface area contributed by atoms with Crippen LogP contribution in [0.1, 0.15) is 39.0 Å². The number of unbranched alkanes of at least 4 members (excludes halogenated alkanes) is 1. The number of ether oxygens (including phenoxy) is 1. The van der Waals surface area contributed by atoms with E-state index in [1.807, 2.05) is 0 Å². The molecule has 0 bridgehead atoms. The first kappa shape index (κ1) is 13.5. The zero-order valence-electron chi connectivity index (χ0n) is 10.1. The van der Waals surface area contributed by atoms with E-state index in [0.717, 1.165) is 25.4 Å². The van der Waals surface area contributed by atoms with Gasteiger partial charge in [-0.15, -0.1) is 0 Å². The van der Waals surface area contributed by atoms with Crippen LogP contribution in [0.5, 0.6) is 0 Å². The zero-order valence-corrected chi connectivity index (χ0v) is 10.1. The van der Waals surface area contributed by atoms with Crippen LogP contribution in [0.3, 0.4) is 0 Å². The predicted molar refractivity (Wildman–Crippen MR) is 62.5 cm³/mol. The summed E-state index contributed by atoms with van der Waals surface area (Å²) in [6.45, 7) is 4.16. The minimum absolute atomic E-state index is 0.413. The van der Waals surface area contributed by atoms with Crippen molar-refractivity contribution in [1.82, 2.24) is 5.32 Å². The second kappa shape index (κ2) is 7.63. The smallest absolute Gasteiger partial charge is 0.320 e. The molecular weight excluding hydrogens is 206 g/mol. The van der Waals surface area contributed by atoms with Gasteiger partial charge in [-0.3, -0.25) is 4.79 Å². The van der Waals surface area contributed by atoms with E-state index in [2.05, 4.69) is 12.2 Å². The second-order valence-corrected chi connectivity index (χ2v) is 4.51. The summed E-state index contributed by atoms with van der Waals surface area (Å²) in [5.74, 6) is 0.0194. The van der Waals surface area contributed by atoms with Crippen molar-refractivity contribution in [2.45, 2.75) is 45.1 Å². The van der Waals surface area contributed by atoms with Gasteiger partial charge in [0.1, 0.15) is 6.04 Å². The number of rotatable bonds is 10. The van der Waals surface area contributed by atoms with Crippen LogP contribution in [-0.2, 0) is 9.53 Å². The number of carbonyl (C=O) groups is 1. The van der Waals surface area contributed by atoms with Gasteiger partial charge in [0, 0.05) is 13.2 Å². The number of carboxylic acids is 1. The Morgan fingerprint density at radius 2 is 2.31 bits per heavy atom. The second-order valence-electron chi connectivity index (χ2n) is 4.51. The summed E-state index contributed by atoms with van der Waals surface area (Å²) in [4.78, 5) is 10.9. The molecule has 0 amide bonds. The molecule has 4 heteroatoms.